The smallest absolute Gasteiger partial charge is 0.395 e. The molecule has 1 aliphatic carbocycles. The van der Waals surface area contributed by atoms with Crippen molar-refractivity contribution >= 4 is 10.9 Å². The van der Waals surface area contributed by atoms with Gasteiger partial charge in [-0.3, -0.25) is 5.10 Å². The maximum Gasteiger partial charge on any atom is 0.433 e. The normalized spacial score (nSPS) is 16.0. The predicted molar refractivity (Wildman–Crippen MR) is 125 cm³/mol. The minimum absolute atomic E-state index is 0.0395. The molecule has 0 saturated heterocycles. The molecule has 1 atom stereocenters. The van der Waals surface area contributed by atoms with Crippen molar-refractivity contribution in [3.63, 3.8) is 0 Å². The molecule has 3 aromatic heterocycles. The monoisotopic (exact) mass is 484 g/mol. The van der Waals surface area contributed by atoms with Gasteiger partial charge in [0.15, 0.2) is 0 Å². The second kappa shape index (κ2) is 8.44. The van der Waals surface area contributed by atoms with Gasteiger partial charge in [-0.1, -0.05) is 38.5 Å². The number of aliphatic hydroxyl groups excluding tert-OH is 1. The molecule has 1 saturated carbocycles. The number of rotatable bonds is 6. The Balaban J connectivity index is 1.67. The lowest BCUT2D eigenvalue weighted by Crippen LogP contribution is -2.25. The summed E-state index contributed by atoms with van der Waals surface area (Å²) < 4.78 is 43.2. The van der Waals surface area contributed by atoms with Crippen LogP contribution in [0, 0.1) is 5.92 Å². The third-order valence-corrected chi connectivity index (χ3v) is 7.05. The number of alkyl halides is 3. The van der Waals surface area contributed by atoms with Crippen LogP contribution in [0.5, 0.6) is 0 Å². The van der Waals surface area contributed by atoms with Gasteiger partial charge in [0.1, 0.15) is 23.5 Å². The Morgan fingerprint density at radius 2 is 1.97 bits per heavy atom. The molecule has 184 valence electrons. The standard InChI is InChI=1S/C25H27F3N6O/c1-24(2,12-35)22-21-17(11-18(30-22)25(26,27)28)20(31-32-21)16-9-5-8-15(10-16)19(14-6-4-7-14)23-33-29-13-34(23)3/h5,8-11,13-14,19,35H,4,6-7,12H2,1-3H3,(H,31,32)/t19-/m1/s1. The first-order chi connectivity index (χ1) is 16.6. The average Bonchev–Trinajstić information content (AvgIpc) is 3.41. The number of H-pyrrole nitrogens is 1. The van der Waals surface area contributed by atoms with Crippen molar-refractivity contribution in [1.29, 1.82) is 0 Å². The molecule has 0 radical (unpaired) electrons. The molecule has 0 unspecified atom stereocenters. The highest BCUT2D eigenvalue weighted by atomic mass is 19.4. The number of halogens is 3. The lowest BCUT2D eigenvalue weighted by molar-refractivity contribution is -0.141. The number of fused-ring (bicyclic) bond motifs is 1. The van der Waals surface area contributed by atoms with E-state index in [4.69, 9.17) is 0 Å². The minimum Gasteiger partial charge on any atom is -0.395 e. The summed E-state index contributed by atoms with van der Waals surface area (Å²) in [6.45, 7) is 2.95. The molecule has 35 heavy (non-hydrogen) atoms. The molecule has 0 bridgehead atoms. The molecule has 0 amide bonds. The molecule has 10 heteroatoms. The molecule has 1 aliphatic rings. The van der Waals surface area contributed by atoms with E-state index in [1.54, 1.807) is 20.2 Å². The van der Waals surface area contributed by atoms with E-state index in [1.807, 2.05) is 35.9 Å². The summed E-state index contributed by atoms with van der Waals surface area (Å²) in [4.78, 5) is 3.88. The van der Waals surface area contributed by atoms with Gasteiger partial charge in [0.2, 0.25) is 0 Å². The van der Waals surface area contributed by atoms with Crippen molar-refractivity contribution in [1.82, 2.24) is 29.9 Å². The van der Waals surface area contributed by atoms with E-state index in [-0.39, 0.29) is 18.2 Å². The number of aliphatic hydroxyl groups is 1. The van der Waals surface area contributed by atoms with Crippen LogP contribution in [0.4, 0.5) is 13.2 Å². The van der Waals surface area contributed by atoms with Crippen LogP contribution < -0.4 is 0 Å². The highest BCUT2D eigenvalue weighted by Gasteiger charge is 2.37. The van der Waals surface area contributed by atoms with Crippen LogP contribution in [0.25, 0.3) is 22.2 Å². The summed E-state index contributed by atoms with van der Waals surface area (Å²) in [6, 6.07) is 8.79. The van der Waals surface area contributed by atoms with Crippen molar-refractivity contribution in [3.8, 4) is 11.3 Å². The van der Waals surface area contributed by atoms with Crippen LogP contribution in [-0.2, 0) is 18.6 Å². The molecule has 0 aliphatic heterocycles. The quantitative estimate of drug-likeness (QED) is 0.403. The van der Waals surface area contributed by atoms with Crippen molar-refractivity contribution in [2.24, 2.45) is 13.0 Å². The Labute approximate surface area is 200 Å². The van der Waals surface area contributed by atoms with Gasteiger partial charge in [0.05, 0.1) is 17.8 Å². The maximum atomic E-state index is 13.8. The first-order valence-electron chi connectivity index (χ1n) is 11.6. The zero-order chi connectivity index (χ0) is 25.0. The first-order valence-corrected chi connectivity index (χ1v) is 11.6. The van der Waals surface area contributed by atoms with E-state index in [2.05, 4.69) is 25.4 Å². The van der Waals surface area contributed by atoms with E-state index < -0.39 is 17.3 Å². The maximum absolute atomic E-state index is 13.8. The molecule has 4 aromatic rings. The zero-order valence-corrected chi connectivity index (χ0v) is 19.8. The summed E-state index contributed by atoms with van der Waals surface area (Å²) in [5, 5.41) is 25.9. The van der Waals surface area contributed by atoms with E-state index in [1.165, 1.54) is 6.42 Å². The molecule has 0 spiro atoms. The first kappa shape index (κ1) is 23.5. The molecular weight excluding hydrogens is 457 g/mol. The lowest BCUT2D eigenvalue weighted by Gasteiger charge is -2.33. The second-order valence-electron chi connectivity index (χ2n) is 9.98. The largest absolute Gasteiger partial charge is 0.433 e. The van der Waals surface area contributed by atoms with Crippen LogP contribution in [-0.4, -0.2) is 41.7 Å². The highest BCUT2D eigenvalue weighted by molar-refractivity contribution is 5.95. The summed E-state index contributed by atoms with van der Waals surface area (Å²) in [6.07, 6.45) is 0.396. The van der Waals surface area contributed by atoms with Gasteiger partial charge >= 0.3 is 6.18 Å². The highest BCUT2D eigenvalue weighted by Crippen LogP contribution is 2.44. The Morgan fingerprint density at radius 3 is 2.57 bits per heavy atom. The van der Waals surface area contributed by atoms with E-state index >= 15 is 0 Å². The van der Waals surface area contributed by atoms with Crippen molar-refractivity contribution in [2.45, 2.75) is 50.6 Å². The van der Waals surface area contributed by atoms with Crippen LogP contribution in [0.1, 0.15) is 61.8 Å². The van der Waals surface area contributed by atoms with Gasteiger partial charge in [-0.25, -0.2) is 4.98 Å². The number of hydrogen-bond acceptors (Lipinski definition) is 5. The fraction of sp³-hybridized carbons (Fsp3) is 0.440. The van der Waals surface area contributed by atoms with Crippen LogP contribution in [0.15, 0.2) is 36.7 Å². The van der Waals surface area contributed by atoms with Crippen molar-refractivity contribution in [2.75, 3.05) is 6.61 Å². The average molecular weight is 485 g/mol. The van der Waals surface area contributed by atoms with Crippen molar-refractivity contribution in [3.05, 3.63) is 59.4 Å². The fourth-order valence-electron chi connectivity index (χ4n) is 4.81. The van der Waals surface area contributed by atoms with Gasteiger partial charge in [0.25, 0.3) is 0 Å². The van der Waals surface area contributed by atoms with Gasteiger partial charge < -0.3 is 9.67 Å². The second-order valence-corrected chi connectivity index (χ2v) is 9.98. The molecule has 7 nitrogen and oxygen atoms in total. The molecular formula is C25H27F3N6O. The zero-order valence-electron chi connectivity index (χ0n) is 19.8. The van der Waals surface area contributed by atoms with Gasteiger partial charge in [-0.05, 0) is 36.5 Å². The third kappa shape index (κ3) is 4.09. The summed E-state index contributed by atoms with van der Waals surface area (Å²) in [7, 11) is 1.92. The van der Waals surface area contributed by atoms with E-state index in [0.29, 0.717) is 28.1 Å². The molecule has 2 N–H and O–H groups in total. The van der Waals surface area contributed by atoms with Crippen LogP contribution in [0.3, 0.4) is 0 Å². The number of hydrogen-bond donors (Lipinski definition) is 2. The van der Waals surface area contributed by atoms with Gasteiger partial charge in [-0.2, -0.15) is 18.3 Å². The molecule has 1 fully saturated rings. The number of nitrogens with one attached hydrogen (secondary N) is 1. The Hall–Kier alpha value is -3.27. The summed E-state index contributed by atoms with van der Waals surface area (Å²) >= 11 is 0. The third-order valence-electron chi connectivity index (χ3n) is 7.05. The van der Waals surface area contributed by atoms with Crippen molar-refractivity contribution < 1.29 is 18.3 Å². The van der Waals surface area contributed by atoms with Gasteiger partial charge in [0, 0.05) is 29.3 Å². The topological polar surface area (TPSA) is 92.5 Å². The van der Waals surface area contributed by atoms with Crippen LogP contribution >= 0.6 is 0 Å². The Morgan fingerprint density at radius 1 is 1.20 bits per heavy atom. The lowest BCUT2D eigenvalue weighted by atomic mass is 9.72. The minimum atomic E-state index is -4.63. The Bertz CT molecular complexity index is 1370. The molecule has 5 rings (SSSR count). The molecule has 1 aromatic carbocycles. The molecule has 3 heterocycles. The SMILES string of the molecule is Cn1cnnc1[C@@H](c1cccc(-c2n[nH]c3c(C(C)(C)CO)nc(C(F)(F)F)cc23)c1)C1CCC1. The Kier molecular flexibility index (Phi) is 5.66. The summed E-state index contributed by atoms with van der Waals surface area (Å²) in [5.41, 5.74) is 0.660. The predicted octanol–water partition coefficient (Wildman–Crippen LogP) is 4.97. The number of aromatic nitrogens is 6. The number of aryl methyl sites for hydroxylation is 1. The number of pyridine rings is 1. The van der Waals surface area contributed by atoms with E-state index in [9.17, 15) is 18.3 Å². The fourth-order valence-corrected chi connectivity index (χ4v) is 4.81. The summed E-state index contributed by atoms with van der Waals surface area (Å²) in [5.74, 6) is 1.34. The number of benzene rings is 1. The van der Waals surface area contributed by atoms with Gasteiger partial charge in [-0.15, -0.1) is 10.2 Å². The van der Waals surface area contributed by atoms with Crippen LogP contribution in [0.2, 0.25) is 0 Å². The number of nitrogens with zero attached hydrogens (tertiary/aromatic N) is 5. The van der Waals surface area contributed by atoms with E-state index in [0.717, 1.165) is 30.3 Å². The number of aromatic amines is 1.